The van der Waals surface area contributed by atoms with Crippen LogP contribution in [-0.4, -0.2) is 16.0 Å². The largest absolute Gasteiger partial charge is 0.508 e. The molecule has 0 saturated heterocycles. The van der Waals surface area contributed by atoms with Gasteiger partial charge in [0.2, 0.25) is 5.88 Å². The van der Waals surface area contributed by atoms with Crippen molar-refractivity contribution < 1.29 is 14.4 Å². The molecule has 2 aromatic carbocycles. The molecule has 140 valence electrons. The minimum Gasteiger partial charge on any atom is -0.508 e. The molecular formula is C23H20N2O3. The molecule has 5 heteroatoms. The number of phenolic OH excluding ortho intramolecular Hbond substituents is 1. The van der Waals surface area contributed by atoms with Crippen LogP contribution in [0.3, 0.4) is 0 Å². The predicted octanol–water partition coefficient (Wildman–Crippen LogP) is 4.65. The number of benzene rings is 2. The molecule has 0 fully saturated rings. The van der Waals surface area contributed by atoms with Crippen molar-refractivity contribution in [3.63, 3.8) is 0 Å². The van der Waals surface area contributed by atoms with Gasteiger partial charge in [0.1, 0.15) is 5.75 Å². The van der Waals surface area contributed by atoms with Gasteiger partial charge in [-0.2, -0.15) is 0 Å². The van der Waals surface area contributed by atoms with Gasteiger partial charge in [0, 0.05) is 23.6 Å². The van der Waals surface area contributed by atoms with Crippen molar-refractivity contribution in [3.8, 4) is 5.75 Å². The number of carbonyl (C=O) groups excluding carboxylic acids is 1. The maximum absolute atomic E-state index is 13.3. The van der Waals surface area contributed by atoms with Gasteiger partial charge in [-0.25, -0.2) is 0 Å². The molecule has 0 amide bonds. The fourth-order valence-electron chi connectivity index (χ4n) is 4.43. The first kappa shape index (κ1) is 16.8. The summed E-state index contributed by atoms with van der Waals surface area (Å²) < 4.78 is 5.54. The molecule has 2 unspecified atom stereocenters. The normalized spacial score (nSPS) is 21.1. The molecule has 2 N–H and O–H groups in total. The zero-order chi connectivity index (χ0) is 19.3. The predicted molar refractivity (Wildman–Crippen MR) is 105 cm³/mol. The maximum Gasteiger partial charge on any atom is 0.233 e. The topological polar surface area (TPSA) is 75.4 Å². The minimum absolute atomic E-state index is 0.0707. The van der Waals surface area contributed by atoms with Gasteiger partial charge in [0.15, 0.2) is 5.78 Å². The molecule has 28 heavy (non-hydrogen) atoms. The molecule has 1 aromatic heterocycles. The van der Waals surface area contributed by atoms with E-state index in [-0.39, 0.29) is 23.4 Å². The third kappa shape index (κ3) is 2.62. The van der Waals surface area contributed by atoms with E-state index >= 15 is 0 Å². The second kappa shape index (κ2) is 6.37. The summed E-state index contributed by atoms with van der Waals surface area (Å²) >= 11 is 0. The summed E-state index contributed by atoms with van der Waals surface area (Å²) in [5, 5.41) is 17.0. The third-order valence-electron chi connectivity index (χ3n) is 5.76. The van der Waals surface area contributed by atoms with Gasteiger partial charge in [0.25, 0.3) is 0 Å². The number of allylic oxidation sites excluding steroid dienone is 2. The van der Waals surface area contributed by atoms with E-state index in [0.717, 1.165) is 33.7 Å². The molecule has 0 bridgehead atoms. The lowest BCUT2D eigenvalue weighted by molar-refractivity contribution is -0.116. The average Bonchev–Trinajstić information content (AvgIpc) is 3.08. The van der Waals surface area contributed by atoms with E-state index in [1.54, 1.807) is 12.1 Å². The first-order valence-corrected chi connectivity index (χ1v) is 9.45. The number of carbonyl (C=O) groups is 1. The maximum atomic E-state index is 13.3. The van der Waals surface area contributed by atoms with Crippen molar-refractivity contribution >= 4 is 11.7 Å². The third-order valence-corrected chi connectivity index (χ3v) is 5.76. The Morgan fingerprint density at radius 1 is 1.04 bits per heavy atom. The molecule has 2 aliphatic rings. The number of nitrogens with zero attached hydrogens (tertiary/aromatic N) is 1. The van der Waals surface area contributed by atoms with Gasteiger partial charge >= 0.3 is 0 Å². The van der Waals surface area contributed by atoms with Gasteiger partial charge in [-0.1, -0.05) is 47.6 Å². The van der Waals surface area contributed by atoms with Gasteiger partial charge in [-0.05, 0) is 42.5 Å². The molecule has 0 spiro atoms. The van der Waals surface area contributed by atoms with Crippen LogP contribution in [0.2, 0.25) is 0 Å². The van der Waals surface area contributed by atoms with E-state index in [0.29, 0.717) is 18.7 Å². The zero-order valence-electron chi connectivity index (χ0n) is 15.5. The Balaban J connectivity index is 1.61. The highest BCUT2D eigenvalue weighted by Gasteiger charge is 2.40. The summed E-state index contributed by atoms with van der Waals surface area (Å²) in [5.41, 5.74) is 5.60. The van der Waals surface area contributed by atoms with Crippen molar-refractivity contribution in [3.05, 3.63) is 88.3 Å². The SMILES string of the molecule is Cc1noc2c1C(c1ccccc1)C1=C(CC(c3ccc(O)cc3)CC1=O)N2. The average molecular weight is 372 g/mol. The molecule has 0 radical (unpaired) electrons. The zero-order valence-corrected chi connectivity index (χ0v) is 15.5. The van der Waals surface area contributed by atoms with Gasteiger partial charge in [0.05, 0.1) is 11.3 Å². The number of hydrogen-bond acceptors (Lipinski definition) is 5. The van der Waals surface area contributed by atoms with Crippen LogP contribution in [-0.2, 0) is 4.79 Å². The number of Topliss-reactive ketones (excluding diaryl/α,β-unsaturated/α-hetero) is 1. The lowest BCUT2D eigenvalue weighted by atomic mass is 9.72. The highest BCUT2D eigenvalue weighted by molar-refractivity contribution is 6.01. The smallest absolute Gasteiger partial charge is 0.233 e. The molecule has 2 heterocycles. The van der Waals surface area contributed by atoms with Crippen LogP contribution in [0.25, 0.3) is 0 Å². The first-order valence-electron chi connectivity index (χ1n) is 9.45. The lowest BCUT2D eigenvalue weighted by Crippen LogP contribution is -2.29. The summed E-state index contributed by atoms with van der Waals surface area (Å²) in [6.07, 6.45) is 1.17. The molecule has 0 saturated carbocycles. The standard InChI is InChI=1S/C23H20N2O3/c1-13-20-21(15-5-3-2-4-6-15)22-18(24-23(20)28-25-13)11-16(12-19(22)27)14-7-9-17(26)10-8-14/h2-10,16,21,24,26H,11-12H2,1H3. The van der Waals surface area contributed by atoms with Crippen LogP contribution in [0.5, 0.6) is 5.75 Å². The van der Waals surface area contributed by atoms with E-state index in [1.807, 2.05) is 37.3 Å². The number of aromatic nitrogens is 1. The molecular weight excluding hydrogens is 352 g/mol. The summed E-state index contributed by atoms with van der Waals surface area (Å²) in [6.45, 7) is 1.91. The molecule has 2 atom stereocenters. The Morgan fingerprint density at radius 3 is 2.54 bits per heavy atom. The molecule has 5 nitrogen and oxygen atoms in total. The number of rotatable bonds is 2. The summed E-state index contributed by atoms with van der Waals surface area (Å²) in [6, 6.07) is 17.2. The minimum atomic E-state index is -0.160. The van der Waals surface area contributed by atoms with Crippen LogP contribution in [0, 0.1) is 6.92 Å². The van der Waals surface area contributed by atoms with E-state index in [2.05, 4.69) is 22.6 Å². The van der Waals surface area contributed by atoms with E-state index in [9.17, 15) is 9.90 Å². The number of ketones is 1. The number of phenols is 1. The summed E-state index contributed by atoms with van der Waals surface area (Å²) in [5.74, 6) is 0.914. The van der Waals surface area contributed by atoms with Gasteiger partial charge in [-0.15, -0.1) is 0 Å². The number of aromatic hydroxyl groups is 1. The van der Waals surface area contributed by atoms with Crippen LogP contribution in [0.1, 0.15) is 47.1 Å². The number of nitrogens with one attached hydrogen (secondary N) is 1. The van der Waals surface area contributed by atoms with Gasteiger partial charge in [-0.3, -0.25) is 4.79 Å². The Hall–Kier alpha value is -3.34. The number of hydrogen-bond donors (Lipinski definition) is 2. The fraction of sp³-hybridized carbons (Fsp3) is 0.217. The second-order valence-electron chi connectivity index (χ2n) is 7.49. The Kier molecular flexibility index (Phi) is 3.83. The Morgan fingerprint density at radius 2 is 1.79 bits per heavy atom. The van der Waals surface area contributed by atoms with Crippen molar-refractivity contribution in [2.75, 3.05) is 5.32 Å². The van der Waals surface area contributed by atoms with E-state index in [1.165, 1.54) is 0 Å². The molecule has 3 aromatic rings. The molecule has 1 aliphatic heterocycles. The fourth-order valence-corrected chi connectivity index (χ4v) is 4.43. The number of fused-ring (bicyclic) bond motifs is 1. The van der Waals surface area contributed by atoms with Crippen LogP contribution >= 0.6 is 0 Å². The highest BCUT2D eigenvalue weighted by atomic mass is 16.5. The van der Waals surface area contributed by atoms with Crippen LogP contribution in [0.15, 0.2) is 70.4 Å². The van der Waals surface area contributed by atoms with Crippen LogP contribution < -0.4 is 5.32 Å². The monoisotopic (exact) mass is 372 g/mol. The second-order valence-corrected chi connectivity index (χ2v) is 7.49. The number of anilines is 1. The molecule has 1 aliphatic carbocycles. The number of aryl methyl sites for hydroxylation is 1. The Labute approximate surface area is 162 Å². The summed E-state index contributed by atoms with van der Waals surface area (Å²) in [7, 11) is 0. The van der Waals surface area contributed by atoms with Crippen molar-refractivity contribution in [1.82, 2.24) is 5.16 Å². The van der Waals surface area contributed by atoms with Crippen molar-refractivity contribution in [1.29, 1.82) is 0 Å². The molecule has 5 rings (SSSR count). The highest BCUT2D eigenvalue weighted by Crippen LogP contribution is 2.48. The van der Waals surface area contributed by atoms with Crippen molar-refractivity contribution in [2.45, 2.75) is 31.6 Å². The summed E-state index contributed by atoms with van der Waals surface area (Å²) in [4.78, 5) is 13.3. The lowest BCUT2D eigenvalue weighted by Gasteiger charge is -2.34. The Bertz CT molecular complexity index is 1080. The van der Waals surface area contributed by atoms with E-state index < -0.39 is 0 Å². The van der Waals surface area contributed by atoms with E-state index in [4.69, 9.17) is 4.52 Å². The van der Waals surface area contributed by atoms with Crippen LogP contribution in [0.4, 0.5) is 5.88 Å². The van der Waals surface area contributed by atoms with Crippen molar-refractivity contribution in [2.24, 2.45) is 0 Å². The quantitative estimate of drug-likeness (QED) is 0.685. The van der Waals surface area contributed by atoms with Gasteiger partial charge < -0.3 is 14.9 Å². The first-order chi connectivity index (χ1) is 13.6.